The largest absolute Gasteiger partial charge is 0.483 e. The van der Waals surface area contributed by atoms with Crippen LogP contribution in [0, 0.1) is 0 Å². The van der Waals surface area contributed by atoms with Crippen LogP contribution in [0.3, 0.4) is 0 Å². The number of hydrogen-bond donors (Lipinski definition) is 2. The van der Waals surface area contributed by atoms with Crippen molar-refractivity contribution in [2.75, 3.05) is 13.2 Å². The molecule has 0 bridgehead atoms. The quantitative estimate of drug-likeness (QED) is 0.705. The van der Waals surface area contributed by atoms with Gasteiger partial charge in [0, 0.05) is 12.6 Å². The highest BCUT2D eigenvalue weighted by Crippen LogP contribution is 2.19. The Balaban J connectivity index is 2.46. The van der Waals surface area contributed by atoms with Crippen LogP contribution in [0.1, 0.15) is 32.3 Å². The molecule has 0 aliphatic rings. The van der Waals surface area contributed by atoms with Crippen molar-refractivity contribution in [3.8, 4) is 5.75 Å². The Morgan fingerprint density at radius 1 is 1.42 bits per heavy atom. The lowest BCUT2D eigenvalue weighted by molar-refractivity contribution is -0.123. The van der Waals surface area contributed by atoms with Crippen LogP contribution in [0.15, 0.2) is 24.3 Å². The fourth-order valence-electron chi connectivity index (χ4n) is 1.76. The van der Waals surface area contributed by atoms with Crippen molar-refractivity contribution in [3.63, 3.8) is 0 Å². The highest BCUT2D eigenvalue weighted by atomic mass is 16.5. The SMILES string of the molecule is CCCCNC(=O)COc1ccccc1CC(C)N. The molecule has 0 spiro atoms. The van der Waals surface area contributed by atoms with Crippen molar-refractivity contribution in [1.82, 2.24) is 5.32 Å². The number of carbonyl (C=O) groups is 1. The van der Waals surface area contributed by atoms with Gasteiger partial charge in [0.1, 0.15) is 5.75 Å². The van der Waals surface area contributed by atoms with Gasteiger partial charge in [0.2, 0.25) is 0 Å². The zero-order chi connectivity index (χ0) is 14.1. The molecule has 1 aromatic carbocycles. The monoisotopic (exact) mass is 264 g/mol. The lowest BCUT2D eigenvalue weighted by atomic mass is 10.1. The van der Waals surface area contributed by atoms with E-state index >= 15 is 0 Å². The first-order chi connectivity index (χ1) is 9.13. The van der Waals surface area contributed by atoms with Crippen LogP contribution < -0.4 is 15.8 Å². The molecule has 4 heteroatoms. The predicted octanol–water partition coefficient (Wildman–Crippen LogP) is 1.87. The van der Waals surface area contributed by atoms with Crippen LogP contribution in [0.4, 0.5) is 0 Å². The van der Waals surface area contributed by atoms with Crippen molar-refractivity contribution >= 4 is 5.91 Å². The Hall–Kier alpha value is -1.55. The number of benzene rings is 1. The van der Waals surface area contributed by atoms with Gasteiger partial charge in [0.25, 0.3) is 5.91 Å². The van der Waals surface area contributed by atoms with Crippen molar-refractivity contribution in [3.05, 3.63) is 29.8 Å². The van der Waals surface area contributed by atoms with Crippen molar-refractivity contribution < 1.29 is 9.53 Å². The lowest BCUT2D eigenvalue weighted by Gasteiger charge is -2.12. The van der Waals surface area contributed by atoms with Crippen molar-refractivity contribution in [2.24, 2.45) is 5.73 Å². The second-order valence-electron chi connectivity index (χ2n) is 4.78. The summed E-state index contributed by atoms with van der Waals surface area (Å²) in [6.07, 6.45) is 2.80. The fraction of sp³-hybridized carbons (Fsp3) is 0.533. The van der Waals surface area contributed by atoms with E-state index in [9.17, 15) is 4.79 Å². The Bertz CT molecular complexity index is 391. The Labute approximate surface area is 115 Å². The summed E-state index contributed by atoms with van der Waals surface area (Å²) in [6.45, 7) is 4.81. The lowest BCUT2D eigenvalue weighted by Crippen LogP contribution is -2.29. The summed E-state index contributed by atoms with van der Waals surface area (Å²) in [6, 6.07) is 7.77. The number of nitrogens with one attached hydrogen (secondary N) is 1. The third kappa shape index (κ3) is 6.25. The molecule has 4 nitrogen and oxygen atoms in total. The zero-order valence-electron chi connectivity index (χ0n) is 11.8. The standard InChI is InChI=1S/C15H24N2O2/c1-3-4-9-17-15(18)11-19-14-8-6-5-7-13(14)10-12(2)16/h5-8,12H,3-4,9-11,16H2,1-2H3,(H,17,18). The molecule has 0 fully saturated rings. The molecule has 0 saturated carbocycles. The number of ether oxygens (including phenoxy) is 1. The highest BCUT2D eigenvalue weighted by Gasteiger charge is 2.07. The van der Waals surface area contributed by atoms with Gasteiger partial charge in [0.15, 0.2) is 6.61 Å². The molecular formula is C15H24N2O2. The molecule has 1 atom stereocenters. The molecular weight excluding hydrogens is 240 g/mol. The molecule has 0 aromatic heterocycles. The first kappa shape index (κ1) is 15.5. The third-order valence-corrected chi connectivity index (χ3v) is 2.73. The number of amides is 1. The Kier molecular flexibility index (Phi) is 6.97. The maximum Gasteiger partial charge on any atom is 0.257 e. The fourth-order valence-corrected chi connectivity index (χ4v) is 1.76. The molecule has 1 rings (SSSR count). The van der Waals surface area contributed by atoms with Gasteiger partial charge in [0.05, 0.1) is 0 Å². The first-order valence-electron chi connectivity index (χ1n) is 6.86. The van der Waals surface area contributed by atoms with Crippen LogP contribution in [0.25, 0.3) is 0 Å². The molecule has 3 N–H and O–H groups in total. The molecule has 0 saturated heterocycles. The molecule has 106 valence electrons. The second kappa shape index (κ2) is 8.53. The molecule has 0 heterocycles. The maximum absolute atomic E-state index is 11.6. The van der Waals surface area contributed by atoms with Crippen LogP contribution in [-0.2, 0) is 11.2 Å². The van der Waals surface area contributed by atoms with Crippen LogP contribution in [0.5, 0.6) is 5.75 Å². The zero-order valence-corrected chi connectivity index (χ0v) is 11.8. The number of para-hydroxylation sites is 1. The minimum atomic E-state index is -0.0796. The molecule has 1 amide bonds. The van der Waals surface area contributed by atoms with E-state index in [1.165, 1.54) is 0 Å². The second-order valence-corrected chi connectivity index (χ2v) is 4.78. The molecule has 0 aliphatic carbocycles. The van der Waals surface area contributed by atoms with Gasteiger partial charge in [-0.25, -0.2) is 0 Å². The number of nitrogens with two attached hydrogens (primary N) is 1. The van der Waals surface area contributed by atoms with E-state index in [0.717, 1.165) is 30.6 Å². The highest BCUT2D eigenvalue weighted by molar-refractivity contribution is 5.77. The number of carbonyl (C=O) groups excluding carboxylic acids is 1. The van der Waals surface area contributed by atoms with E-state index in [1.807, 2.05) is 31.2 Å². The average Bonchev–Trinajstić information content (AvgIpc) is 2.37. The van der Waals surface area contributed by atoms with E-state index in [0.29, 0.717) is 6.54 Å². The summed E-state index contributed by atoms with van der Waals surface area (Å²) in [4.78, 5) is 11.6. The Morgan fingerprint density at radius 2 is 2.16 bits per heavy atom. The minimum absolute atomic E-state index is 0.0552. The molecule has 1 aromatic rings. The van der Waals surface area contributed by atoms with Crippen molar-refractivity contribution in [1.29, 1.82) is 0 Å². The van der Waals surface area contributed by atoms with Gasteiger partial charge in [-0.05, 0) is 31.4 Å². The molecule has 19 heavy (non-hydrogen) atoms. The van der Waals surface area contributed by atoms with Gasteiger partial charge < -0.3 is 15.8 Å². The van der Waals surface area contributed by atoms with Crippen molar-refractivity contribution in [2.45, 2.75) is 39.2 Å². The average molecular weight is 264 g/mol. The van der Waals surface area contributed by atoms with Crippen LogP contribution in [-0.4, -0.2) is 25.1 Å². The summed E-state index contributed by atoms with van der Waals surface area (Å²) in [7, 11) is 0. The molecule has 0 radical (unpaired) electrons. The smallest absolute Gasteiger partial charge is 0.257 e. The van der Waals surface area contributed by atoms with E-state index in [2.05, 4.69) is 12.2 Å². The topological polar surface area (TPSA) is 64.3 Å². The van der Waals surface area contributed by atoms with Crippen LogP contribution >= 0.6 is 0 Å². The maximum atomic E-state index is 11.6. The van der Waals surface area contributed by atoms with Gasteiger partial charge in [-0.15, -0.1) is 0 Å². The van der Waals surface area contributed by atoms with E-state index in [4.69, 9.17) is 10.5 Å². The first-order valence-corrected chi connectivity index (χ1v) is 6.86. The van der Waals surface area contributed by atoms with Crippen LogP contribution in [0.2, 0.25) is 0 Å². The third-order valence-electron chi connectivity index (χ3n) is 2.73. The van der Waals surface area contributed by atoms with E-state index in [-0.39, 0.29) is 18.6 Å². The number of hydrogen-bond acceptors (Lipinski definition) is 3. The summed E-state index contributed by atoms with van der Waals surface area (Å²) in [5.41, 5.74) is 6.84. The van der Waals surface area contributed by atoms with Gasteiger partial charge in [-0.1, -0.05) is 31.5 Å². The van der Waals surface area contributed by atoms with Gasteiger partial charge in [-0.2, -0.15) is 0 Å². The molecule has 0 aliphatic heterocycles. The van der Waals surface area contributed by atoms with E-state index in [1.54, 1.807) is 0 Å². The number of rotatable bonds is 8. The van der Waals surface area contributed by atoms with Gasteiger partial charge in [-0.3, -0.25) is 4.79 Å². The minimum Gasteiger partial charge on any atom is -0.483 e. The predicted molar refractivity (Wildman–Crippen MR) is 77.2 cm³/mol. The Morgan fingerprint density at radius 3 is 2.84 bits per heavy atom. The van der Waals surface area contributed by atoms with Gasteiger partial charge >= 0.3 is 0 Å². The summed E-state index contributed by atoms with van der Waals surface area (Å²) in [5.74, 6) is 0.662. The summed E-state index contributed by atoms with van der Waals surface area (Å²) >= 11 is 0. The summed E-state index contributed by atoms with van der Waals surface area (Å²) in [5, 5.41) is 2.83. The number of unbranched alkanes of at least 4 members (excludes halogenated alkanes) is 1. The molecule has 1 unspecified atom stereocenters. The van der Waals surface area contributed by atoms with E-state index < -0.39 is 0 Å². The normalized spacial score (nSPS) is 11.9. The summed E-state index contributed by atoms with van der Waals surface area (Å²) < 4.78 is 5.56.